The second kappa shape index (κ2) is 11.8. The van der Waals surface area contributed by atoms with Crippen molar-refractivity contribution in [2.75, 3.05) is 62.3 Å². The van der Waals surface area contributed by atoms with Gasteiger partial charge in [-0.15, -0.1) is 11.8 Å². The van der Waals surface area contributed by atoms with Crippen LogP contribution in [-0.4, -0.2) is 73.8 Å². The number of thioether (sulfide) groups is 1. The van der Waals surface area contributed by atoms with Gasteiger partial charge in [0.15, 0.2) is 0 Å². The van der Waals surface area contributed by atoms with Crippen LogP contribution in [0.1, 0.15) is 30.4 Å². The lowest BCUT2D eigenvalue weighted by atomic mass is 10.0. The van der Waals surface area contributed by atoms with Gasteiger partial charge in [-0.05, 0) is 56.4 Å². The molecule has 2 aliphatic heterocycles. The van der Waals surface area contributed by atoms with Crippen LogP contribution in [0.25, 0.3) is 0 Å². The van der Waals surface area contributed by atoms with E-state index in [4.69, 9.17) is 0 Å². The largest absolute Gasteiger partial charge is 0.417 e. The number of hydrogen-bond donors (Lipinski definition) is 1. The molecule has 0 saturated carbocycles. The number of piperidine rings is 1. The monoisotopic (exact) mass is 520 g/mol. The van der Waals surface area contributed by atoms with Crippen LogP contribution in [0.3, 0.4) is 0 Å². The number of rotatable bonds is 7. The van der Waals surface area contributed by atoms with Crippen LogP contribution in [-0.2, 0) is 11.0 Å². The van der Waals surface area contributed by atoms with Crippen LogP contribution in [0.2, 0.25) is 0 Å². The topological polar surface area (TPSA) is 38.8 Å². The van der Waals surface area contributed by atoms with E-state index in [1.165, 1.54) is 23.4 Å². The van der Waals surface area contributed by atoms with Crippen LogP contribution in [0.4, 0.5) is 24.5 Å². The van der Waals surface area contributed by atoms with Crippen molar-refractivity contribution >= 4 is 29.0 Å². The highest BCUT2D eigenvalue weighted by Gasteiger charge is 2.34. The molecular formula is C27H35F3N4OS. The highest BCUT2D eigenvalue weighted by atomic mass is 32.2. The molecule has 0 aliphatic carbocycles. The molecule has 0 aromatic heterocycles. The fraction of sp³-hybridized carbons (Fsp3) is 0.519. The first-order chi connectivity index (χ1) is 17.2. The number of anilines is 2. The molecule has 2 aromatic rings. The molecule has 2 heterocycles. The summed E-state index contributed by atoms with van der Waals surface area (Å²) in [7, 11) is 0. The lowest BCUT2D eigenvalue weighted by molar-refractivity contribution is -0.139. The molecule has 0 bridgehead atoms. The molecule has 1 amide bonds. The summed E-state index contributed by atoms with van der Waals surface area (Å²) in [4.78, 5) is 19.7. The summed E-state index contributed by atoms with van der Waals surface area (Å²) in [6.45, 7) is 7.94. The fourth-order valence-corrected chi connectivity index (χ4v) is 5.52. The number of likely N-dealkylation sites (tertiary alicyclic amines) is 1. The average molecular weight is 521 g/mol. The lowest BCUT2D eigenvalue weighted by Crippen LogP contribution is -2.48. The first-order valence-corrected chi connectivity index (χ1v) is 13.8. The Morgan fingerprint density at radius 1 is 1.00 bits per heavy atom. The molecular weight excluding hydrogens is 485 g/mol. The maximum atomic E-state index is 13.4. The Balaban J connectivity index is 1.19. The van der Waals surface area contributed by atoms with Gasteiger partial charge in [-0.3, -0.25) is 9.69 Å². The second-order valence-corrected chi connectivity index (χ2v) is 10.5. The van der Waals surface area contributed by atoms with Gasteiger partial charge >= 0.3 is 6.18 Å². The summed E-state index contributed by atoms with van der Waals surface area (Å²) in [5.74, 6) is 0.165. The van der Waals surface area contributed by atoms with Gasteiger partial charge in [0, 0.05) is 74.5 Å². The normalized spacial score (nSPS) is 17.9. The highest BCUT2D eigenvalue weighted by Crippen LogP contribution is 2.37. The Morgan fingerprint density at radius 3 is 2.28 bits per heavy atom. The van der Waals surface area contributed by atoms with Gasteiger partial charge < -0.3 is 15.1 Å². The van der Waals surface area contributed by atoms with Crippen LogP contribution in [0.5, 0.6) is 0 Å². The zero-order chi connectivity index (χ0) is 25.7. The van der Waals surface area contributed by atoms with E-state index in [0.29, 0.717) is 25.2 Å². The number of piperazine rings is 1. The number of carbonyl (C=O) groups is 1. The van der Waals surface area contributed by atoms with Gasteiger partial charge in [0.25, 0.3) is 0 Å². The zero-order valence-electron chi connectivity index (χ0n) is 21.0. The van der Waals surface area contributed by atoms with Crippen molar-refractivity contribution < 1.29 is 18.0 Å². The first kappa shape index (κ1) is 26.7. The van der Waals surface area contributed by atoms with E-state index in [-0.39, 0.29) is 16.8 Å². The van der Waals surface area contributed by atoms with E-state index in [0.717, 1.165) is 57.3 Å². The van der Waals surface area contributed by atoms with Crippen molar-refractivity contribution in [3.63, 3.8) is 0 Å². The third-order valence-corrected chi connectivity index (χ3v) is 7.93. The number of amides is 1. The molecule has 1 N–H and O–H groups in total. The van der Waals surface area contributed by atoms with Crippen molar-refractivity contribution in [1.82, 2.24) is 9.80 Å². The Labute approximate surface area is 216 Å². The lowest BCUT2D eigenvalue weighted by Gasteiger charge is -2.37. The molecule has 2 aliphatic rings. The van der Waals surface area contributed by atoms with E-state index in [2.05, 4.69) is 46.3 Å². The molecule has 2 fully saturated rings. The molecule has 2 saturated heterocycles. The summed E-state index contributed by atoms with van der Waals surface area (Å²) in [5.41, 5.74) is 2.39. The SMILES string of the molecule is CSc1ccc(NC2CCN(C(=O)CCN3CCN(c4ccc(C)cc4)CC3)CC2)cc1C(F)(F)F. The van der Waals surface area contributed by atoms with E-state index in [9.17, 15) is 18.0 Å². The van der Waals surface area contributed by atoms with E-state index in [1.807, 2.05) is 4.90 Å². The van der Waals surface area contributed by atoms with Gasteiger partial charge in [0.2, 0.25) is 5.91 Å². The standard InChI is InChI=1S/C27H35F3N4OS/c1-20-3-6-23(7-4-20)33-17-15-32(16-18-33)12-11-26(35)34-13-9-21(10-14-34)31-22-5-8-25(36-2)24(19-22)27(28,29)30/h3-8,19,21,31H,9-18H2,1-2H3. The van der Waals surface area contributed by atoms with Crippen molar-refractivity contribution in [2.45, 2.75) is 43.3 Å². The van der Waals surface area contributed by atoms with E-state index >= 15 is 0 Å². The molecule has 0 spiro atoms. The predicted octanol–water partition coefficient (Wildman–Crippen LogP) is 5.35. The fourth-order valence-electron chi connectivity index (χ4n) is 4.93. The smallest absolute Gasteiger partial charge is 0.382 e. The number of nitrogens with zero attached hydrogens (tertiary/aromatic N) is 3. The van der Waals surface area contributed by atoms with Crippen LogP contribution >= 0.6 is 11.8 Å². The number of nitrogens with one attached hydrogen (secondary N) is 1. The third kappa shape index (κ3) is 6.88. The summed E-state index contributed by atoms with van der Waals surface area (Å²) in [6, 6.07) is 13.1. The summed E-state index contributed by atoms with van der Waals surface area (Å²) in [6.07, 6.45) is -0.762. The molecule has 9 heteroatoms. The second-order valence-electron chi connectivity index (χ2n) is 9.63. The molecule has 4 rings (SSSR count). The Morgan fingerprint density at radius 2 is 1.67 bits per heavy atom. The zero-order valence-corrected chi connectivity index (χ0v) is 21.8. The maximum absolute atomic E-state index is 13.4. The molecule has 2 aromatic carbocycles. The first-order valence-electron chi connectivity index (χ1n) is 12.6. The Hall–Kier alpha value is -2.39. The summed E-state index contributed by atoms with van der Waals surface area (Å²) >= 11 is 1.10. The van der Waals surface area contributed by atoms with Gasteiger partial charge in [0.05, 0.1) is 5.56 Å². The van der Waals surface area contributed by atoms with Crippen LogP contribution in [0.15, 0.2) is 47.4 Å². The van der Waals surface area contributed by atoms with Crippen molar-refractivity contribution in [1.29, 1.82) is 0 Å². The number of alkyl halides is 3. The number of benzene rings is 2. The van der Waals surface area contributed by atoms with Crippen LogP contribution in [0, 0.1) is 6.92 Å². The van der Waals surface area contributed by atoms with Gasteiger partial charge in [-0.2, -0.15) is 13.2 Å². The third-order valence-electron chi connectivity index (χ3n) is 7.14. The Bertz CT molecular complexity index is 1010. The van der Waals surface area contributed by atoms with Crippen molar-refractivity contribution in [3.8, 4) is 0 Å². The quantitative estimate of drug-likeness (QED) is 0.499. The molecule has 36 heavy (non-hydrogen) atoms. The summed E-state index contributed by atoms with van der Waals surface area (Å²) in [5, 5.41) is 3.25. The predicted molar refractivity (Wildman–Crippen MR) is 141 cm³/mol. The number of halogens is 3. The Kier molecular flexibility index (Phi) is 8.72. The number of hydrogen-bond acceptors (Lipinski definition) is 5. The van der Waals surface area contributed by atoms with Gasteiger partial charge in [-0.25, -0.2) is 0 Å². The number of carbonyl (C=O) groups excluding carboxylic acids is 1. The summed E-state index contributed by atoms with van der Waals surface area (Å²) < 4.78 is 40.1. The van der Waals surface area contributed by atoms with Gasteiger partial charge in [-0.1, -0.05) is 17.7 Å². The van der Waals surface area contributed by atoms with Crippen LogP contribution < -0.4 is 10.2 Å². The number of aryl methyl sites for hydroxylation is 1. The minimum atomic E-state index is -4.38. The maximum Gasteiger partial charge on any atom is 0.417 e. The van der Waals surface area contributed by atoms with E-state index in [1.54, 1.807) is 12.3 Å². The molecule has 5 nitrogen and oxygen atoms in total. The molecule has 0 unspecified atom stereocenters. The molecule has 0 atom stereocenters. The molecule has 196 valence electrons. The van der Waals surface area contributed by atoms with Crippen molar-refractivity contribution in [2.24, 2.45) is 0 Å². The minimum Gasteiger partial charge on any atom is -0.382 e. The molecule has 0 radical (unpaired) electrons. The average Bonchev–Trinajstić information content (AvgIpc) is 2.88. The van der Waals surface area contributed by atoms with E-state index < -0.39 is 11.7 Å². The van der Waals surface area contributed by atoms with Crippen molar-refractivity contribution in [3.05, 3.63) is 53.6 Å². The highest BCUT2D eigenvalue weighted by molar-refractivity contribution is 7.98. The van der Waals surface area contributed by atoms with Gasteiger partial charge in [0.1, 0.15) is 0 Å². The minimum absolute atomic E-state index is 0.0603.